The van der Waals surface area contributed by atoms with Gasteiger partial charge in [0.1, 0.15) is 11.9 Å². The summed E-state index contributed by atoms with van der Waals surface area (Å²) in [5, 5.41) is 2.66. The van der Waals surface area contributed by atoms with Gasteiger partial charge in [-0.25, -0.2) is 0 Å². The molecule has 0 saturated heterocycles. The van der Waals surface area contributed by atoms with Gasteiger partial charge in [-0.05, 0) is 43.7 Å². The average Bonchev–Trinajstić information content (AvgIpc) is 2.73. The lowest BCUT2D eigenvalue weighted by Gasteiger charge is -2.35. The number of ether oxygens (including phenoxy) is 2. The zero-order chi connectivity index (χ0) is 19.9. The van der Waals surface area contributed by atoms with Crippen LogP contribution in [0.4, 0.5) is 5.69 Å². The van der Waals surface area contributed by atoms with Crippen molar-refractivity contribution in [2.45, 2.75) is 37.5 Å². The van der Waals surface area contributed by atoms with Crippen LogP contribution in [0.3, 0.4) is 0 Å². The Bertz CT molecular complexity index is 782. The molecule has 1 aliphatic rings. The number of thioether (sulfide) groups is 1. The van der Waals surface area contributed by atoms with E-state index in [0.717, 1.165) is 23.6 Å². The van der Waals surface area contributed by atoms with Gasteiger partial charge in [-0.3, -0.25) is 4.79 Å². The van der Waals surface area contributed by atoms with E-state index in [2.05, 4.69) is 41.4 Å². The van der Waals surface area contributed by atoms with Crippen molar-refractivity contribution in [1.82, 2.24) is 5.32 Å². The SMILES string of the molecule is CCOC(Cc1ccc(OC(C)N2CCSc3ccccc32)cc1)C(=O)NC. The van der Waals surface area contributed by atoms with E-state index in [0.29, 0.717) is 13.0 Å². The number of nitrogens with zero attached hydrogens (tertiary/aromatic N) is 1. The van der Waals surface area contributed by atoms with Crippen molar-refractivity contribution >= 4 is 23.4 Å². The lowest BCUT2D eigenvalue weighted by atomic mass is 10.1. The van der Waals surface area contributed by atoms with Gasteiger partial charge in [0.2, 0.25) is 5.91 Å². The molecule has 150 valence electrons. The summed E-state index contributed by atoms with van der Waals surface area (Å²) in [7, 11) is 1.63. The quantitative estimate of drug-likeness (QED) is 0.732. The van der Waals surface area contributed by atoms with Crippen molar-refractivity contribution in [3.63, 3.8) is 0 Å². The van der Waals surface area contributed by atoms with E-state index in [1.54, 1.807) is 7.05 Å². The molecule has 3 rings (SSSR count). The van der Waals surface area contributed by atoms with Gasteiger partial charge in [-0.2, -0.15) is 0 Å². The van der Waals surface area contributed by atoms with Crippen molar-refractivity contribution in [3.05, 3.63) is 54.1 Å². The normalized spacial score (nSPS) is 15.5. The van der Waals surface area contributed by atoms with E-state index in [1.165, 1.54) is 10.6 Å². The Labute approximate surface area is 171 Å². The highest BCUT2D eigenvalue weighted by Crippen LogP contribution is 2.35. The van der Waals surface area contributed by atoms with Crippen molar-refractivity contribution in [1.29, 1.82) is 0 Å². The highest BCUT2D eigenvalue weighted by Gasteiger charge is 2.23. The van der Waals surface area contributed by atoms with E-state index in [1.807, 2.05) is 43.0 Å². The summed E-state index contributed by atoms with van der Waals surface area (Å²) >= 11 is 1.89. The molecule has 2 aromatic carbocycles. The van der Waals surface area contributed by atoms with Gasteiger partial charge < -0.3 is 19.7 Å². The smallest absolute Gasteiger partial charge is 0.249 e. The van der Waals surface area contributed by atoms with E-state index in [9.17, 15) is 4.79 Å². The molecule has 0 aliphatic carbocycles. The summed E-state index contributed by atoms with van der Waals surface area (Å²) in [6.45, 7) is 5.44. The molecule has 2 atom stereocenters. The topological polar surface area (TPSA) is 50.8 Å². The van der Waals surface area contributed by atoms with Gasteiger partial charge in [0.05, 0.1) is 5.69 Å². The van der Waals surface area contributed by atoms with Crippen molar-refractivity contribution < 1.29 is 14.3 Å². The third kappa shape index (κ3) is 5.00. The monoisotopic (exact) mass is 400 g/mol. The fourth-order valence-corrected chi connectivity index (χ4v) is 4.35. The second-order valence-electron chi connectivity index (χ2n) is 6.63. The van der Waals surface area contributed by atoms with Gasteiger partial charge in [-0.1, -0.05) is 24.3 Å². The number of anilines is 1. The third-order valence-corrected chi connectivity index (χ3v) is 5.80. The minimum absolute atomic E-state index is 0.0602. The molecular formula is C22H28N2O3S. The number of fused-ring (bicyclic) bond motifs is 1. The van der Waals surface area contributed by atoms with Crippen LogP contribution in [0.15, 0.2) is 53.4 Å². The van der Waals surface area contributed by atoms with Crippen molar-refractivity contribution in [3.8, 4) is 5.75 Å². The molecule has 0 spiro atoms. The van der Waals surface area contributed by atoms with Crippen LogP contribution in [-0.4, -0.2) is 44.2 Å². The Morgan fingerprint density at radius 2 is 1.96 bits per heavy atom. The number of carbonyl (C=O) groups excluding carboxylic acids is 1. The van der Waals surface area contributed by atoms with Gasteiger partial charge >= 0.3 is 0 Å². The third-order valence-electron chi connectivity index (χ3n) is 4.76. The van der Waals surface area contributed by atoms with Gasteiger partial charge in [-0.15, -0.1) is 11.8 Å². The van der Waals surface area contributed by atoms with Crippen LogP contribution in [0.5, 0.6) is 5.75 Å². The van der Waals surface area contributed by atoms with E-state index < -0.39 is 6.10 Å². The van der Waals surface area contributed by atoms with Crippen molar-refractivity contribution in [2.24, 2.45) is 0 Å². The number of hydrogen-bond acceptors (Lipinski definition) is 5. The second kappa shape index (κ2) is 9.85. The maximum atomic E-state index is 11.9. The molecule has 1 aliphatic heterocycles. The van der Waals surface area contributed by atoms with Crippen LogP contribution in [0.1, 0.15) is 19.4 Å². The fraction of sp³-hybridized carbons (Fsp3) is 0.409. The maximum absolute atomic E-state index is 11.9. The number of benzene rings is 2. The van der Waals surface area contributed by atoms with Crippen LogP contribution >= 0.6 is 11.8 Å². The summed E-state index contributed by atoms with van der Waals surface area (Å²) in [6.07, 6.45) is 0.0121. The number of para-hydroxylation sites is 1. The first-order valence-corrected chi connectivity index (χ1v) is 10.7. The van der Waals surface area contributed by atoms with Crippen LogP contribution in [0.25, 0.3) is 0 Å². The van der Waals surface area contributed by atoms with Gasteiger partial charge in [0.15, 0.2) is 6.23 Å². The largest absolute Gasteiger partial charge is 0.471 e. The summed E-state index contributed by atoms with van der Waals surface area (Å²) in [4.78, 5) is 15.5. The molecular weight excluding hydrogens is 372 g/mol. The first-order valence-electron chi connectivity index (χ1n) is 9.69. The lowest BCUT2D eigenvalue weighted by Crippen LogP contribution is -2.40. The molecule has 1 N–H and O–H groups in total. The molecule has 0 saturated carbocycles. The molecule has 5 nitrogen and oxygen atoms in total. The van der Waals surface area contributed by atoms with Gasteiger partial charge in [0, 0.05) is 37.3 Å². The molecule has 0 bridgehead atoms. The number of likely N-dealkylation sites (N-methyl/N-ethyl adjacent to an activating group) is 1. The maximum Gasteiger partial charge on any atom is 0.249 e. The Morgan fingerprint density at radius 3 is 2.68 bits per heavy atom. The number of nitrogens with one attached hydrogen (secondary N) is 1. The first-order chi connectivity index (χ1) is 13.6. The number of carbonyl (C=O) groups is 1. The number of hydrogen-bond donors (Lipinski definition) is 1. The van der Waals surface area contributed by atoms with Crippen LogP contribution in [-0.2, 0) is 16.0 Å². The Hall–Kier alpha value is -2.18. The van der Waals surface area contributed by atoms with Crippen LogP contribution < -0.4 is 15.0 Å². The molecule has 0 aromatic heterocycles. The molecule has 2 aromatic rings. The molecule has 6 heteroatoms. The van der Waals surface area contributed by atoms with Crippen LogP contribution in [0.2, 0.25) is 0 Å². The minimum atomic E-state index is -0.469. The molecule has 1 amide bonds. The highest BCUT2D eigenvalue weighted by atomic mass is 32.2. The Kier molecular flexibility index (Phi) is 7.23. The molecule has 0 radical (unpaired) electrons. The molecule has 28 heavy (non-hydrogen) atoms. The predicted molar refractivity (Wildman–Crippen MR) is 114 cm³/mol. The Balaban J connectivity index is 1.64. The van der Waals surface area contributed by atoms with Crippen molar-refractivity contribution in [2.75, 3.05) is 30.9 Å². The zero-order valence-corrected chi connectivity index (χ0v) is 17.5. The fourth-order valence-electron chi connectivity index (χ4n) is 3.34. The molecule has 2 unspecified atom stereocenters. The molecule has 1 heterocycles. The lowest BCUT2D eigenvalue weighted by molar-refractivity contribution is -0.131. The zero-order valence-electron chi connectivity index (χ0n) is 16.7. The highest BCUT2D eigenvalue weighted by molar-refractivity contribution is 7.99. The predicted octanol–water partition coefficient (Wildman–Crippen LogP) is 3.72. The minimum Gasteiger partial charge on any atom is -0.471 e. The van der Waals surface area contributed by atoms with E-state index >= 15 is 0 Å². The van der Waals surface area contributed by atoms with Crippen LogP contribution in [0, 0.1) is 0 Å². The van der Waals surface area contributed by atoms with E-state index in [-0.39, 0.29) is 12.1 Å². The average molecular weight is 401 g/mol. The number of rotatable bonds is 8. The van der Waals surface area contributed by atoms with E-state index in [4.69, 9.17) is 9.47 Å². The molecule has 0 fully saturated rings. The summed E-state index contributed by atoms with van der Waals surface area (Å²) in [5.41, 5.74) is 2.27. The van der Waals surface area contributed by atoms with Gasteiger partial charge in [0.25, 0.3) is 0 Å². The standard InChI is InChI=1S/C22H28N2O3S/c1-4-26-20(22(25)23-3)15-17-9-11-18(12-10-17)27-16(2)24-13-14-28-21-8-6-5-7-19(21)24/h5-12,16,20H,4,13-15H2,1-3H3,(H,23,25). The number of amides is 1. The summed E-state index contributed by atoms with van der Waals surface area (Å²) < 4.78 is 11.7. The summed E-state index contributed by atoms with van der Waals surface area (Å²) in [5.74, 6) is 1.78. The second-order valence-corrected chi connectivity index (χ2v) is 7.77. The Morgan fingerprint density at radius 1 is 1.21 bits per heavy atom. The summed E-state index contributed by atoms with van der Waals surface area (Å²) in [6, 6.07) is 16.4. The first kappa shape index (κ1) is 20.6.